The molecule has 1 aromatic rings. The van der Waals surface area contributed by atoms with Crippen molar-refractivity contribution >= 4 is 23.6 Å². The number of benzene rings is 1. The van der Waals surface area contributed by atoms with Crippen molar-refractivity contribution in [3.8, 4) is 0 Å². The number of rotatable bonds is 4. The number of amides is 2. The lowest BCUT2D eigenvalue weighted by Crippen LogP contribution is -2.44. The Hall–Kier alpha value is -1.49. The van der Waals surface area contributed by atoms with E-state index in [2.05, 4.69) is 0 Å². The Labute approximate surface area is 142 Å². The zero-order valence-corrected chi connectivity index (χ0v) is 14.3. The summed E-state index contributed by atoms with van der Waals surface area (Å²) < 4.78 is 0. The third-order valence-corrected chi connectivity index (χ3v) is 5.72. The van der Waals surface area contributed by atoms with E-state index in [1.165, 1.54) is 0 Å². The van der Waals surface area contributed by atoms with Gasteiger partial charge in [-0.3, -0.25) is 9.59 Å². The Kier molecular flexibility index (Phi) is 5.60. The van der Waals surface area contributed by atoms with Crippen molar-refractivity contribution in [1.29, 1.82) is 0 Å². The summed E-state index contributed by atoms with van der Waals surface area (Å²) in [7, 11) is 0. The van der Waals surface area contributed by atoms with Crippen LogP contribution in [0.1, 0.15) is 25.7 Å². The molecule has 0 spiro atoms. The van der Waals surface area contributed by atoms with Crippen LogP contribution in [0.15, 0.2) is 35.2 Å². The van der Waals surface area contributed by atoms with Crippen LogP contribution in [0.5, 0.6) is 0 Å². The number of piperidine rings is 1. The highest BCUT2D eigenvalue weighted by Gasteiger charge is 2.31. The highest BCUT2D eigenvalue weighted by molar-refractivity contribution is 8.00. The third kappa shape index (κ3) is 4.28. The summed E-state index contributed by atoms with van der Waals surface area (Å²) in [6, 6.07) is 10.0. The Morgan fingerprint density at radius 3 is 2.26 bits per heavy atom. The number of nitrogens with zero attached hydrogens (tertiary/aromatic N) is 2. The fourth-order valence-electron chi connectivity index (χ4n) is 3.32. The van der Waals surface area contributed by atoms with Crippen molar-refractivity contribution in [3.63, 3.8) is 0 Å². The minimum atomic E-state index is 0.124. The minimum absolute atomic E-state index is 0.124. The first kappa shape index (κ1) is 16.4. The smallest absolute Gasteiger partial charge is 0.232 e. The molecule has 0 saturated carbocycles. The van der Waals surface area contributed by atoms with E-state index in [4.69, 9.17) is 0 Å². The van der Waals surface area contributed by atoms with Gasteiger partial charge < -0.3 is 9.80 Å². The summed E-state index contributed by atoms with van der Waals surface area (Å²) in [5, 5.41) is 0. The molecule has 0 radical (unpaired) electrons. The normalized spacial score (nSPS) is 19.1. The van der Waals surface area contributed by atoms with E-state index in [0.717, 1.165) is 56.8 Å². The average molecular weight is 332 g/mol. The number of carbonyl (C=O) groups is 2. The van der Waals surface area contributed by atoms with Gasteiger partial charge in [0.1, 0.15) is 0 Å². The van der Waals surface area contributed by atoms with Crippen molar-refractivity contribution in [3.05, 3.63) is 30.3 Å². The van der Waals surface area contributed by atoms with E-state index >= 15 is 0 Å². The Morgan fingerprint density at radius 1 is 0.957 bits per heavy atom. The molecular weight excluding hydrogens is 308 g/mol. The summed E-state index contributed by atoms with van der Waals surface area (Å²) in [4.78, 5) is 29.8. The van der Waals surface area contributed by atoms with Gasteiger partial charge in [0.15, 0.2) is 0 Å². The fourth-order valence-corrected chi connectivity index (χ4v) is 4.15. The number of thioether (sulfide) groups is 1. The predicted molar refractivity (Wildman–Crippen MR) is 92.3 cm³/mol. The molecule has 124 valence electrons. The lowest BCUT2D eigenvalue weighted by atomic mass is 9.95. The van der Waals surface area contributed by atoms with E-state index in [0.29, 0.717) is 11.7 Å². The molecule has 2 fully saturated rings. The molecule has 2 amide bonds. The average Bonchev–Trinajstić information content (AvgIpc) is 3.15. The lowest BCUT2D eigenvalue weighted by Gasteiger charge is -2.33. The first-order valence-corrected chi connectivity index (χ1v) is 9.47. The predicted octanol–water partition coefficient (Wildman–Crippen LogP) is 2.64. The van der Waals surface area contributed by atoms with Gasteiger partial charge in [-0.1, -0.05) is 18.2 Å². The van der Waals surface area contributed by atoms with Gasteiger partial charge in [0, 0.05) is 37.0 Å². The molecular formula is C18H24N2O2S. The molecule has 2 aliphatic rings. The van der Waals surface area contributed by atoms with Crippen LogP contribution >= 0.6 is 11.8 Å². The van der Waals surface area contributed by atoms with Gasteiger partial charge in [0.25, 0.3) is 0 Å². The third-order valence-electron chi connectivity index (χ3n) is 4.72. The van der Waals surface area contributed by atoms with Gasteiger partial charge in [-0.2, -0.15) is 0 Å². The topological polar surface area (TPSA) is 40.6 Å². The van der Waals surface area contributed by atoms with E-state index < -0.39 is 0 Å². The fraction of sp³-hybridized carbons (Fsp3) is 0.556. The molecule has 3 rings (SSSR count). The Bertz CT molecular complexity index is 535. The number of hydrogen-bond donors (Lipinski definition) is 0. The molecule has 0 unspecified atom stereocenters. The molecule has 1 aromatic carbocycles. The highest BCUT2D eigenvalue weighted by atomic mass is 32.2. The van der Waals surface area contributed by atoms with Crippen LogP contribution in [-0.4, -0.2) is 53.5 Å². The van der Waals surface area contributed by atoms with Crippen LogP contribution in [0.25, 0.3) is 0 Å². The van der Waals surface area contributed by atoms with Gasteiger partial charge in [-0.15, -0.1) is 11.8 Å². The number of hydrogen-bond acceptors (Lipinski definition) is 3. The maximum atomic E-state index is 12.4. The maximum Gasteiger partial charge on any atom is 0.232 e. The Balaban J connectivity index is 1.43. The van der Waals surface area contributed by atoms with Crippen molar-refractivity contribution in [2.75, 3.05) is 31.9 Å². The first-order valence-electron chi connectivity index (χ1n) is 8.48. The lowest BCUT2D eigenvalue weighted by molar-refractivity contribution is -0.139. The van der Waals surface area contributed by atoms with Crippen molar-refractivity contribution < 1.29 is 9.59 Å². The molecule has 0 bridgehead atoms. The second kappa shape index (κ2) is 7.86. The van der Waals surface area contributed by atoms with Gasteiger partial charge in [-0.25, -0.2) is 0 Å². The van der Waals surface area contributed by atoms with Crippen LogP contribution in [0.3, 0.4) is 0 Å². The standard InChI is InChI=1S/C18H24N2O2S/c21-17(14-23-16-6-2-1-3-7-16)19-12-8-15(9-13-19)18(22)20-10-4-5-11-20/h1-3,6-7,15H,4-5,8-14H2. The van der Waals surface area contributed by atoms with E-state index in [-0.39, 0.29) is 11.8 Å². The second-order valence-corrected chi connectivity index (χ2v) is 7.34. The van der Waals surface area contributed by atoms with Gasteiger partial charge in [0.05, 0.1) is 5.75 Å². The van der Waals surface area contributed by atoms with Crippen LogP contribution < -0.4 is 0 Å². The van der Waals surface area contributed by atoms with E-state index in [1.54, 1.807) is 11.8 Å². The quantitative estimate of drug-likeness (QED) is 0.796. The number of carbonyl (C=O) groups excluding carboxylic acids is 2. The van der Waals surface area contributed by atoms with Gasteiger partial charge in [0.2, 0.25) is 11.8 Å². The van der Waals surface area contributed by atoms with E-state index in [9.17, 15) is 9.59 Å². The first-order chi connectivity index (χ1) is 11.2. The zero-order chi connectivity index (χ0) is 16.1. The molecule has 4 nitrogen and oxygen atoms in total. The molecule has 5 heteroatoms. The summed E-state index contributed by atoms with van der Waals surface area (Å²) in [5.74, 6) is 1.10. The van der Waals surface area contributed by atoms with Crippen molar-refractivity contribution in [2.45, 2.75) is 30.6 Å². The molecule has 0 atom stereocenters. The monoisotopic (exact) mass is 332 g/mol. The molecule has 2 aliphatic heterocycles. The minimum Gasteiger partial charge on any atom is -0.342 e. The van der Waals surface area contributed by atoms with Gasteiger partial charge in [-0.05, 0) is 37.8 Å². The van der Waals surface area contributed by atoms with Crippen LogP contribution in [-0.2, 0) is 9.59 Å². The van der Waals surface area contributed by atoms with Crippen molar-refractivity contribution in [1.82, 2.24) is 9.80 Å². The molecule has 0 N–H and O–H groups in total. The summed E-state index contributed by atoms with van der Waals surface area (Å²) in [6.45, 7) is 3.29. The zero-order valence-electron chi connectivity index (χ0n) is 13.4. The van der Waals surface area contributed by atoms with Crippen molar-refractivity contribution in [2.24, 2.45) is 5.92 Å². The summed E-state index contributed by atoms with van der Waals surface area (Å²) in [6.07, 6.45) is 3.91. The van der Waals surface area contributed by atoms with Gasteiger partial charge >= 0.3 is 0 Å². The molecule has 2 heterocycles. The maximum absolute atomic E-state index is 12.4. The molecule has 0 aromatic heterocycles. The van der Waals surface area contributed by atoms with Crippen LogP contribution in [0, 0.1) is 5.92 Å². The highest BCUT2D eigenvalue weighted by Crippen LogP contribution is 2.23. The molecule has 0 aliphatic carbocycles. The summed E-state index contributed by atoms with van der Waals surface area (Å²) >= 11 is 1.58. The molecule has 23 heavy (non-hydrogen) atoms. The van der Waals surface area contributed by atoms with Crippen LogP contribution in [0.2, 0.25) is 0 Å². The largest absolute Gasteiger partial charge is 0.342 e. The van der Waals surface area contributed by atoms with Crippen LogP contribution in [0.4, 0.5) is 0 Å². The molecule has 2 saturated heterocycles. The second-order valence-electron chi connectivity index (χ2n) is 6.29. The summed E-state index contributed by atoms with van der Waals surface area (Å²) in [5.41, 5.74) is 0. The Morgan fingerprint density at radius 2 is 1.61 bits per heavy atom. The number of likely N-dealkylation sites (tertiary alicyclic amines) is 2. The SMILES string of the molecule is O=C(CSc1ccccc1)N1CCC(C(=O)N2CCCC2)CC1. The van der Waals surface area contributed by atoms with E-state index in [1.807, 2.05) is 40.1 Å².